The van der Waals surface area contributed by atoms with Gasteiger partial charge in [0.15, 0.2) is 5.76 Å². The first-order valence-corrected chi connectivity index (χ1v) is 7.07. The zero-order valence-electron chi connectivity index (χ0n) is 10.2. The van der Waals surface area contributed by atoms with Crippen LogP contribution in [0.3, 0.4) is 0 Å². The van der Waals surface area contributed by atoms with Crippen LogP contribution in [0.5, 0.6) is 0 Å². The van der Waals surface area contributed by atoms with Gasteiger partial charge in [0.1, 0.15) is 5.82 Å². The lowest BCUT2D eigenvalue weighted by molar-refractivity contribution is 0.0917. The first kappa shape index (κ1) is 14.2. The molecule has 0 unspecified atom stereocenters. The molecule has 6 nitrogen and oxygen atoms in total. The van der Waals surface area contributed by atoms with Crippen molar-refractivity contribution < 1.29 is 22.0 Å². The number of carbonyl (C=O) groups is 1. The van der Waals surface area contributed by atoms with Gasteiger partial charge in [0, 0.05) is 12.1 Å². The topological polar surface area (TPSA) is 102 Å². The Morgan fingerprint density at radius 1 is 1.25 bits per heavy atom. The molecule has 1 aromatic carbocycles. The first-order valence-electron chi connectivity index (χ1n) is 5.52. The quantitative estimate of drug-likeness (QED) is 0.878. The van der Waals surface area contributed by atoms with E-state index in [0.717, 1.165) is 6.07 Å². The molecule has 106 valence electrons. The molecule has 2 rings (SSSR count). The molecule has 3 N–H and O–H groups in total. The molecule has 2 aromatic rings. The van der Waals surface area contributed by atoms with E-state index in [0.29, 0.717) is 5.56 Å². The summed E-state index contributed by atoms with van der Waals surface area (Å²) in [5.74, 6) is -1.33. The number of carbonyl (C=O) groups excluding carboxylic acids is 1. The summed E-state index contributed by atoms with van der Waals surface area (Å²) in [7, 11) is -4.00. The first-order chi connectivity index (χ1) is 9.38. The van der Waals surface area contributed by atoms with E-state index in [2.05, 4.69) is 5.32 Å². The molecule has 0 saturated heterocycles. The Hall–Kier alpha value is -2.19. The molecule has 0 aliphatic carbocycles. The summed E-state index contributed by atoms with van der Waals surface area (Å²) in [6.45, 7) is -0.0447. The molecule has 0 fully saturated rings. The lowest BCUT2D eigenvalue weighted by atomic mass is 10.2. The largest absolute Gasteiger partial charge is 0.438 e. The molecular weight excluding hydrogens is 287 g/mol. The predicted octanol–water partition coefficient (Wildman–Crippen LogP) is 0.996. The third-order valence-corrected chi connectivity index (χ3v) is 3.26. The molecular formula is C12H11FN2O4S. The van der Waals surface area contributed by atoms with Gasteiger partial charge < -0.3 is 9.73 Å². The standard InChI is InChI=1S/C12H11FN2O4S/c13-9-4-2-1-3-8(9)7-15-12(16)10-5-6-11(19-10)20(14,17)18/h1-6H,7H2,(H,15,16)(H2,14,17,18). The molecule has 20 heavy (non-hydrogen) atoms. The second-order valence-corrected chi connectivity index (χ2v) is 5.43. The van der Waals surface area contributed by atoms with Crippen molar-refractivity contribution in [2.24, 2.45) is 5.14 Å². The molecule has 0 bridgehead atoms. The van der Waals surface area contributed by atoms with Crippen LogP contribution in [0.1, 0.15) is 16.1 Å². The van der Waals surface area contributed by atoms with Gasteiger partial charge >= 0.3 is 0 Å². The summed E-state index contributed by atoms with van der Waals surface area (Å²) in [6, 6.07) is 8.22. The lowest BCUT2D eigenvalue weighted by Crippen LogP contribution is -2.22. The van der Waals surface area contributed by atoms with Gasteiger partial charge in [0.05, 0.1) is 0 Å². The lowest BCUT2D eigenvalue weighted by Gasteiger charge is -2.04. The summed E-state index contributed by atoms with van der Waals surface area (Å²) in [4.78, 5) is 11.7. The highest BCUT2D eigenvalue weighted by Crippen LogP contribution is 2.12. The van der Waals surface area contributed by atoms with E-state index in [1.54, 1.807) is 6.07 Å². The van der Waals surface area contributed by atoms with Crippen LogP contribution in [0, 0.1) is 5.82 Å². The molecule has 0 radical (unpaired) electrons. The molecule has 0 spiro atoms. The number of nitrogens with two attached hydrogens (primary N) is 1. The second kappa shape index (κ2) is 5.43. The van der Waals surface area contributed by atoms with Crippen LogP contribution in [0.4, 0.5) is 4.39 Å². The average Bonchev–Trinajstić information content (AvgIpc) is 2.87. The number of benzene rings is 1. The third kappa shape index (κ3) is 3.22. The van der Waals surface area contributed by atoms with Crippen molar-refractivity contribution in [3.8, 4) is 0 Å². The van der Waals surface area contributed by atoms with Gasteiger partial charge in [-0.15, -0.1) is 0 Å². The Morgan fingerprint density at radius 3 is 2.55 bits per heavy atom. The van der Waals surface area contributed by atoms with Crippen molar-refractivity contribution in [1.29, 1.82) is 0 Å². The second-order valence-electron chi connectivity index (χ2n) is 3.94. The number of hydrogen-bond donors (Lipinski definition) is 2. The number of furan rings is 1. The van der Waals surface area contributed by atoms with Crippen LogP contribution in [0.2, 0.25) is 0 Å². The highest BCUT2D eigenvalue weighted by molar-refractivity contribution is 7.89. The summed E-state index contributed by atoms with van der Waals surface area (Å²) < 4.78 is 40.1. The van der Waals surface area contributed by atoms with Gasteiger partial charge in [-0.1, -0.05) is 18.2 Å². The maximum atomic E-state index is 13.3. The Balaban J connectivity index is 2.06. The average molecular weight is 298 g/mol. The fourth-order valence-corrected chi connectivity index (χ4v) is 1.96. The summed E-state index contributed by atoms with van der Waals surface area (Å²) in [5.41, 5.74) is 0.305. The maximum absolute atomic E-state index is 13.3. The van der Waals surface area contributed by atoms with E-state index in [1.165, 1.54) is 24.3 Å². The number of halogens is 1. The van der Waals surface area contributed by atoms with Gasteiger partial charge in [0.25, 0.3) is 15.9 Å². The zero-order chi connectivity index (χ0) is 14.8. The molecule has 0 aliphatic rings. The Bertz CT molecular complexity index is 739. The van der Waals surface area contributed by atoms with Gasteiger partial charge in [-0.2, -0.15) is 0 Å². The zero-order valence-corrected chi connectivity index (χ0v) is 11.0. The van der Waals surface area contributed by atoms with E-state index in [1.807, 2.05) is 0 Å². The van der Waals surface area contributed by atoms with Crippen LogP contribution >= 0.6 is 0 Å². The minimum atomic E-state index is -4.00. The van der Waals surface area contributed by atoms with Crippen molar-refractivity contribution >= 4 is 15.9 Å². The van der Waals surface area contributed by atoms with Crippen LogP contribution < -0.4 is 10.5 Å². The van der Waals surface area contributed by atoms with Crippen LogP contribution in [0.15, 0.2) is 45.9 Å². The fraction of sp³-hybridized carbons (Fsp3) is 0.0833. The Kier molecular flexibility index (Phi) is 3.86. The SMILES string of the molecule is NS(=O)(=O)c1ccc(C(=O)NCc2ccccc2F)o1. The van der Waals surface area contributed by atoms with Gasteiger partial charge in [0.2, 0.25) is 5.09 Å². The minimum absolute atomic E-state index is 0.0447. The number of nitrogens with one attached hydrogen (secondary N) is 1. The van der Waals surface area contributed by atoms with Crippen molar-refractivity contribution in [2.45, 2.75) is 11.6 Å². The van der Waals surface area contributed by atoms with Crippen molar-refractivity contribution in [3.63, 3.8) is 0 Å². The minimum Gasteiger partial charge on any atom is -0.438 e. The Morgan fingerprint density at radius 2 is 1.95 bits per heavy atom. The maximum Gasteiger partial charge on any atom is 0.287 e. The van der Waals surface area contributed by atoms with Crippen molar-refractivity contribution in [1.82, 2.24) is 5.32 Å². The smallest absolute Gasteiger partial charge is 0.287 e. The summed E-state index contributed by atoms with van der Waals surface area (Å²) in [6.07, 6.45) is 0. The molecule has 1 heterocycles. The number of sulfonamides is 1. The van der Waals surface area contributed by atoms with E-state index < -0.39 is 26.8 Å². The fourth-order valence-electron chi connectivity index (χ4n) is 1.50. The molecule has 1 amide bonds. The van der Waals surface area contributed by atoms with Crippen LogP contribution in [0.25, 0.3) is 0 Å². The van der Waals surface area contributed by atoms with Crippen molar-refractivity contribution in [2.75, 3.05) is 0 Å². The molecule has 8 heteroatoms. The van der Waals surface area contributed by atoms with Crippen molar-refractivity contribution in [3.05, 3.63) is 53.5 Å². The third-order valence-electron chi connectivity index (χ3n) is 2.48. The molecule has 0 aliphatic heterocycles. The van der Waals surface area contributed by atoms with E-state index in [4.69, 9.17) is 9.56 Å². The van der Waals surface area contributed by atoms with Crippen LogP contribution in [-0.4, -0.2) is 14.3 Å². The predicted molar refractivity (Wildman–Crippen MR) is 67.7 cm³/mol. The summed E-state index contributed by atoms with van der Waals surface area (Å²) >= 11 is 0. The number of rotatable bonds is 4. The number of hydrogen-bond acceptors (Lipinski definition) is 4. The molecule has 0 atom stereocenters. The van der Waals surface area contributed by atoms with Gasteiger partial charge in [-0.3, -0.25) is 4.79 Å². The number of amides is 1. The Labute approximate surface area is 114 Å². The highest BCUT2D eigenvalue weighted by Gasteiger charge is 2.17. The monoisotopic (exact) mass is 298 g/mol. The van der Waals surface area contributed by atoms with Gasteiger partial charge in [-0.05, 0) is 18.2 Å². The highest BCUT2D eigenvalue weighted by atomic mass is 32.2. The molecule has 1 aromatic heterocycles. The number of primary sulfonamides is 1. The van der Waals surface area contributed by atoms with Gasteiger partial charge in [-0.25, -0.2) is 17.9 Å². The van der Waals surface area contributed by atoms with E-state index in [9.17, 15) is 17.6 Å². The summed E-state index contributed by atoms with van der Waals surface area (Å²) in [5, 5.41) is 6.76. The molecule has 0 saturated carbocycles. The van der Waals surface area contributed by atoms with E-state index >= 15 is 0 Å². The normalized spacial score (nSPS) is 11.3. The van der Waals surface area contributed by atoms with Crippen LogP contribution in [-0.2, 0) is 16.6 Å². The van der Waals surface area contributed by atoms with E-state index in [-0.39, 0.29) is 12.3 Å².